The van der Waals surface area contributed by atoms with Gasteiger partial charge in [-0.3, -0.25) is 0 Å². The number of aromatic nitrogens is 1. The Kier molecular flexibility index (Phi) is 5.28. The van der Waals surface area contributed by atoms with E-state index in [9.17, 15) is 4.79 Å². The van der Waals surface area contributed by atoms with E-state index in [0.717, 1.165) is 38.3 Å². The maximum atomic E-state index is 13.5. The van der Waals surface area contributed by atoms with Crippen molar-refractivity contribution >= 4 is 28.2 Å². The molecule has 2 heterocycles. The Morgan fingerprint density at radius 2 is 1.94 bits per heavy atom. The monoisotopic (exact) mass is 414 g/mol. The van der Waals surface area contributed by atoms with Crippen molar-refractivity contribution < 1.29 is 4.79 Å². The summed E-state index contributed by atoms with van der Waals surface area (Å²) in [6, 6.07) is 16.3. The number of H-pyrrole nitrogens is 1. The minimum atomic E-state index is -0.0162. The van der Waals surface area contributed by atoms with Crippen molar-refractivity contribution in [1.29, 1.82) is 0 Å². The number of hydrogen-bond donors (Lipinski definition) is 2. The summed E-state index contributed by atoms with van der Waals surface area (Å²) in [5.74, 6) is 0.309. The molecule has 1 aliphatic heterocycles. The zero-order valence-corrected chi connectivity index (χ0v) is 18.3. The molecule has 2 aliphatic rings. The van der Waals surface area contributed by atoms with Crippen LogP contribution in [0.5, 0.6) is 0 Å². The number of aromatic amines is 1. The Hall–Kier alpha value is -3.05. The predicted molar refractivity (Wildman–Crippen MR) is 127 cm³/mol. The highest BCUT2D eigenvalue weighted by atomic mass is 16.2. The number of para-hydroxylation sites is 1. The zero-order chi connectivity index (χ0) is 21.4. The molecule has 0 spiro atoms. The zero-order valence-electron chi connectivity index (χ0n) is 18.3. The standard InChI is InChI=1S/C26H30N4O/c1-3-29(4-2)16-18-13-22-21-11-8-12-23-25(21)19(15-27-23)14-24(22)30(17-18)26(31)28-20-9-6-5-7-10-20/h5-13,15,18,24,27H,3-4,14,16-17H2,1-2H3,(H,28,31)/t18-,24+/m0/s1. The van der Waals surface area contributed by atoms with Gasteiger partial charge in [0.15, 0.2) is 0 Å². The molecule has 2 N–H and O–H groups in total. The molecule has 5 rings (SSSR count). The number of nitrogens with one attached hydrogen (secondary N) is 2. The van der Waals surface area contributed by atoms with Crippen molar-refractivity contribution in [2.75, 3.05) is 31.5 Å². The number of benzene rings is 2. The van der Waals surface area contributed by atoms with Crippen molar-refractivity contribution in [1.82, 2.24) is 14.8 Å². The highest BCUT2D eigenvalue weighted by Gasteiger charge is 2.38. The molecule has 1 aliphatic carbocycles. The molecule has 1 aromatic heterocycles. The van der Waals surface area contributed by atoms with E-state index in [-0.39, 0.29) is 12.1 Å². The lowest BCUT2D eigenvalue weighted by atomic mass is 9.79. The Morgan fingerprint density at radius 3 is 2.71 bits per heavy atom. The highest BCUT2D eigenvalue weighted by Crippen LogP contribution is 2.41. The fourth-order valence-corrected chi connectivity index (χ4v) is 5.19. The van der Waals surface area contributed by atoms with E-state index in [1.54, 1.807) is 0 Å². The Balaban J connectivity index is 1.52. The first-order valence-corrected chi connectivity index (χ1v) is 11.3. The third-order valence-corrected chi connectivity index (χ3v) is 6.77. The van der Waals surface area contributed by atoms with E-state index in [1.807, 2.05) is 30.3 Å². The highest BCUT2D eigenvalue weighted by molar-refractivity contribution is 6.00. The number of fused-ring (bicyclic) bond motifs is 2. The van der Waals surface area contributed by atoms with Gasteiger partial charge in [-0.1, -0.05) is 50.3 Å². The molecule has 0 fully saturated rings. The third kappa shape index (κ3) is 3.63. The van der Waals surface area contributed by atoms with E-state index in [0.29, 0.717) is 5.92 Å². The maximum absolute atomic E-state index is 13.5. The summed E-state index contributed by atoms with van der Waals surface area (Å²) < 4.78 is 0. The van der Waals surface area contributed by atoms with Crippen molar-refractivity contribution in [3.05, 3.63) is 71.9 Å². The summed E-state index contributed by atoms with van der Waals surface area (Å²) in [4.78, 5) is 21.4. The Morgan fingerprint density at radius 1 is 1.13 bits per heavy atom. The van der Waals surface area contributed by atoms with Gasteiger partial charge in [0.05, 0.1) is 6.04 Å². The maximum Gasteiger partial charge on any atom is 0.322 e. The van der Waals surface area contributed by atoms with Gasteiger partial charge in [-0.25, -0.2) is 4.79 Å². The van der Waals surface area contributed by atoms with Crippen LogP contribution in [0.3, 0.4) is 0 Å². The van der Waals surface area contributed by atoms with Gasteiger partial charge >= 0.3 is 6.03 Å². The van der Waals surface area contributed by atoms with Gasteiger partial charge in [-0.05, 0) is 54.4 Å². The molecule has 5 heteroatoms. The van der Waals surface area contributed by atoms with Crippen molar-refractivity contribution in [2.24, 2.45) is 5.92 Å². The predicted octanol–water partition coefficient (Wildman–Crippen LogP) is 4.98. The Labute approximate surface area is 183 Å². The second kappa shape index (κ2) is 8.23. The van der Waals surface area contributed by atoms with Gasteiger partial charge in [0.1, 0.15) is 0 Å². The largest absolute Gasteiger partial charge is 0.361 e. The number of urea groups is 1. The van der Waals surface area contributed by atoms with Gasteiger partial charge in [-0.2, -0.15) is 0 Å². The summed E-state index contributed by atoms with van der Waals surface area (Å²) in [6.07, 6.45) is 5.41. The van der Waals surface area contributed by atoms with Crippen LogP contribution in [-0.4, -0.2) is 53.0 Å². The number of nitrogens with zero attached hydrogens (tertiary/aromatic N) is 2. The minimum absolute atomic E-state index is 0.0162. The Bertz CT molecular complexity index is 1110. The lowest BCUT2D eigenvalue weighted by molar-refractivity contribution is 0.175. The first-order chi connectivity index (χ1) is 15.2. The topological polar surface area (TPSA) is 51.4 Å². The van der Waals surface area contributed by atoms with E-state index in [2.05, 4.69) is 64.4 Å². The summed E-state index contributed by atoms with van der Waals surface area (Å²) in [5.41, 5.74) is 5.88. The number of amides is 2. The lowest BCUT2D eigenvalue weighted by Gasteiger charge is -2.42. The van der Waals surface area contributed by atoms with Gasteiger partial charge in [0.25, 0.3) is 0 Å². The van der Waals surface area contributed by atoms with Crippen LogP contribution >= 0.6 is 0 Å². The van der Waals surface area contributed by atoms with E-state index >= 15 is 0 Å². The number of rotatable bonds is 5. The van der Waals surface area contributed by atoms with Crippen LogP contribution in [0.1, 0.15) is 25.0 Å². The van der Waals surface area contributed by atoms with Crippen LogP contribution in [0.4, 0.5) is 10.5 Å². The molecule has 2 atom stereocenters. The summed E-state index contributed by atoms with van der Waals surface area (Å²) in [7, 11) is 0. The molecule has 0 bridgehead atoms. The van der Waals surface area contributed by atoms with Gasteiger partial charge < -0.3 is 20.1 Å². The molecule has 2 aromatic carbocycles. The molecular formula is C26H30N4O. The van der Waals surface area contributed by atoms with Gasteiger partial charge in [-0.15, -0.1) is 0 Å². The van der Waals surface area contributed by atoms with Crippen LogP contribution in [0.15, 0.2) is 60.8 Å². The third-order valence-electron chi connectivity index (χ3n) is 6.77. The number of carbonyl (C=O) groups is 1. The summed E-state index contributed by atoms with van der Waals surface area (Å²) in [5, 5.41) is 4.44. The molecule has 5 nitrogen and oxygen atoms in total. The lowest BCUT2D eigenvalue weighted by Crippen LogP contribution is -2.51. The quantitative estimate of drug-likeness (QED) is 0.619. The molecule has 0 unspecified atom stereocenters. The van der Waals surface area contributed by atoms with Crippen molar-refractivity contribution in [3.8, 4) is 0 Å². The van der Waals surface area contributed by atoms with Crippen molar-refractivity contribution in [2.45, 2.75) is 26.3 Å². The van der Waals surface area contributed by atoms with E-state index < -0.39 is 0 Å². The number of hydrogen-bond acceptors (Lipinski definition) is 2. The van der Waals surface area contributed by atoms with Gasteiger partial charge in [0.2, 0.25) is 0 Å². The van der Waals surface area contributed by atoms with Crippen LogP contribution in [0.25, 0.3) is 16.5 Å². The van der Waals surface area contributed by atoms with Crippen LogP contribution in [-0.2, 0) is 6.42 Å². The fourth-order valence-electron chi connectivity index (χ4n) is 5.19. The minimum Gasteiger partial charge on any atom is -0.361 e. The number of anilines is 1. The second-order valence-electron chi connectivity index (χ2n) is 8.58. The summed E-state index contributed by atoms with van der Waals surface area (Å²) >= 11 is 0. The van der Waals surface area contributed by atoms with E-state index in [4.69, 9.17) is 0 Å². The first kappa shape index (κ1) is 19.9. The molecule has 0 radical (unpaired) electrons. The SMILES string of the molecule is CCN(CC)C[C@@H]1C=C2c3cccc4[nH]cc(c34)C[C@H]2N(C(=O)Nc2ccccc2)C1. The van der Waals surface area contributed by atoms with Crippen LogP contribution in [0, 0.1) is 5.92 Å². The molecule has 0 saturated carbocycles. The van der Waals surface area contributed by atoms with E-state index in [1.165, 1.54) is 27.6 Å². The van der Waals surface area contributed by atoms with Crippen LogP contribution < -0.4 is 5.32 Å². The normalized spacial score (nSPS) is 20.0. The molecular weight excluding hydrogens is 384 g/mol. The fraction of sp³-hybridized carbons (Fsp3) is 0.346. The second-order valence-corrected chi connectivity index (χ2v) is 8.58. The molecule has 0 saturated heterocycles. The molecule has 31 heavy (non-hydrogen) atoms. The van der Waals surface area contributed by atoms with Crippen molar-refractivity contribution in [3.63, 3.8) is 0 Å². The van der Waals surface area contributed by atoms with Crippen LogP contribution in [0.2, 0.25) is 0 Å². The van der Waals surface area contributed by atoms with Gasteiger partial charge in [0, 0.05) is 41.8 Å². The average Bonchev–Trinajstić information content (AvgIpc) is 3.22. The average molecular weight is 415 g/mol. The molecule has 2 amide bonds. The number of carbonyl (C=O) groups excluding carboxylic acids is 1. The smallest absolute Gasteiger partial charge is 0.322 e. The molecule has 160 valence electrons. The summed E-state index contributed by atoms with van der Waals surface area (Å²) in [6.45, 7) is 8.15. The first-order valence-electron chi connectivity index (χ1n) is 11.3. The molecule has 3 aromatic rings.